The van der Waals surface area contributed by atoms with E-state index in [-0.39, 0.29) is 6.61 Å². The third-order valence-electron chi connectivity index (χ3n) is 1.96. The molecule has 1 aromatic carbocycles. The zero-order chi connectivity index (χ0) is 12.9. The predicted octanol–water partition coefficient (Wildman–Crippen LogP) is 0.844. The highest BCUT2D eigenvalue weighted by molar-refractivity contribution is 7.46. The maximum atomic E-state index is 10.4. The highest BCUT2D eigenvalue weighted by atomic mass is 31.2. The standard InChI is InChI=1S/C10H15O6P/c1-8-4-2-3-5-10(8)15-6-9(11)7-16-17(12,13)14/h2-5,9,11H,6-7H2,1H3,(H2,12,13,14). The number of aryl methyl sites for hydroxylation is 1. The molecule has 0 aromatic heterocycles. The zero-order valence-corrected chi connectivity index (χ0v) is 10.2. The molecule has 0 bridgehead atoms. The summed E-state index contributed by atoms with van der Waals surface area (Å²) in [6.07, 6.45) is -1.10. The van der Waals surface area contributed by atoms with Gasteiger partial charge >= 0.3 is 7.82 Å². The van der Waals surface area contributed by atoms with Crippen LogP contribution in [0.15, 0.2) is 24.3 Å². The van der Waals surface area contributed by atoms with Crippen molar-refractivity contribution >= 4 is 7.82 Å². The number of benzene rings is 1. The van der Waals surface area contributed by atoms with Gasteiger partial charge in [0.2, 0.25) is 0 Å². The molecule has 0 heterocycles. The first-order chi connectivity index (χ1) is 7.88. The zero-order valence-electron chi connectivity index (χ0n) is 9.31. The fourth-order valence-corrected chi connectivity index (χ4v) is 1.50. The van der Waals surface area contributed by atoms with Gasteiger partial charge < -0.3 is 19.6 Å². The van der Waals surface area contributed by atoms with Crippen LogP contribution < -0.4 is 4.74 Å². The fraction of sp³-hybridized carbons (Fsp3) is 0.400. The molecule has 1 aromatic rings. The van der Waals surface area contributed by atoms with E-state index in [0.29, 0.717) is 5.75 Å². The van der Waals surface area contributed by atoms with Crippen LogP contribution in [0.4, 0.5) is 0 Å². The van der Waals surface area contributed by atoms with Gasteiger partial charge in [0.15, 0.2) is 0 Å². The molecule has 0 spiro atoms. The van der Waals surface area contributed by atoms with Crippen LogP contribution in [0.1, 0.15) is 5.56 Å². The number of ether oxygens (including phenoxy) is 1. The maximum absolute atomic E-state index is 10.4. The Hall–Kier alpha value is -0.910. The van der Waals surface area contributed by atoms with Gasteiger partial charge in [-0.1, -0.05) is 18.2 Å². The molecule has 0 aliphatic heterocycles. The van der Waals surface area contributed by atoms with Crippen molar-refractivity contribution in [2.45, 2.75) is 13.0 Å². The summed E-state index contributed by atoms with van der Waals surface area (Å²) in [5.74, 6) is 0.614. The topological polar surface area (TPSA) is 96.2 Å². The predicted molar refractivity (Wildman–Crippen MR) is 60.7 cm³/mol. The lowest BCUT2D eigenvalue weighted by atomic mass is 10.2. The molecular weight excluding hydrogens is 247 g/mol. The Labute approximate surface area is 99.1 Å². The average molecular weight is 262 g/mol. The van der Waals surface area contributed by atoms with Gasteiger partial charge in [0.25, 0.3) is 0 Å². The van der Waals surface area contributed by atoms with E-state index >= 15 is 0 Å². The Bertz CT molecular complexity index is 402. The molecule has 1 atom stereocenters. The lowest BCUT2D eigenvalue weighted by Gasteiger charge is -2.14. The summed E-state index contributed by atoms with van der Waals surface area (Å²) >= 11 is 0. The molecule has 3 N–H and O–H groups in total. The Balaban J connectivity index is 2.36. The highest BCUT2D eigenvalue weighted by Gasteiger charge is 2.17. The van der Waals surface area contributed by atoms with Gasteiger partial charge in [0, 0.05) is 0 Å². The van der Waals surface area contributed by atoms with Crippen molar-refractivity contribution in [2.75, 3.05) is 13.2 Å². The molecule has 6 nitrogen and oxygen atoms in total. The van der Waals surface area contributed by atoms with Crippen LogP contribution in [0.5, 0.6) is 5.75 Å². The van der Waals surface area contributed by atoms with Crippen molar-refractivity contribution < 1.29 is 28.7 Å². The van der Waals surface area contributed by atoms with Crippen molar-refractivity contribution in [2.24, 2.45) is 0 Å². The number of hydrogen-bond acceptors (Lipinski definition) is 4. The van der Waals surface area contributed by atoms with Gasteiger partial charge in [0.1, 0.15) is 18.5 Å². The highest BCUT2D eigenvalue weighted by Crippen LogP contribution is 2.35. The molecule has 0 aliphatic rings. The van der Waals surface area contributed by atoms with E-state index in [2.05, 4.69) is 4.52 Å². The molecule has 17 heavy (non-hydrogen) atoms. The maximum Gasteiger partial charge on any atom is 0.469 e. The van der Waals surface area contributed by atoms with Crippen LogP contribution in [0, 0.1) is 6.92 Å². The minimum Gasteiger partial charge on any atom is -0.491 e. The third kappa shape index (κ3) is 5.81. The van der Waals surface area contributed by atoms with E-state index in [1.165, 1.54) is 0 Å². The first-order valence-electron chi connectivity index (χ1n) is 4.95. The van der Waals surface area contributed by atoms with Crippen molar-refractivity contribution in [3.63, 3.8) is 0 Å². The minimum absolute atomic E-state index is 0.0924. The second-order valence-corrected chi connectivity index (χ2v) is 4.76. The molecular formula is C10H15O6P. The Kier molecular flexibility index (Phi) is 5.11. The lowest BCUT2D eigenvalue weighted by Crippen LogP contribution is -2.23. The number of phosphoric acid groups is 1. The summed E-state index contributed by atoms with van der Waals surface area (Å²) in [4.78, 5) is 16.9. The van der Waals surface area contributed by atoms with E-state index in [4.69, 9.17) is 14.5 Å². The number of rotatable bonds is 6. The van der Waals surface area contributed by atoms with E-state index in [1.807, 2.05) is 19.1 Å². The summed E-state index contributed by atoms with van der Waals surface area (Å²) in [6, 6.07) is 7.25. The molecule has 0 aliphatic carbocycles. The first kappa shape index (κ1) is 14.2. The SMILES string of the molecule is Cc1ccccc1OCC(O)COP(=O)(O)O. The first-order valence-corrected chi connectivity index (χ1v) is 6.48. The summed E-state index contributed by atoms with van der Waals surface area (Å²) in [6.45, 7) is 1.29. The van der Waals surface area contributed by atoms with E-state index in [9.17, 15) is 9.67 Å². The number of hydrogen-bond donors (Lipinski definition) is 3. The normalized spacial score (nSPS) is 13.4. The number of para-hydroxylation sites is 1. The van der Waals surface area contributed by atoms with Gasteiger partial charge in [-0.25, -0.2) is 4.57 Å². The van der Waals surface area contributed by atoms with Crippen LogP contribution in [0.3, 0.4) is 0 Å². The molecule has 0 amide bonds. The lowest BCUT2D eigenvalue weighted by molar-refractivity contribution is 0.0494. The van der Waals surface area contributed by atoms with Crippen LogP contribution >= 0.6 is 7.82 Å². The molecule has 0 saturated heterocycles. The second-order valence-electron chi connectivity index (χ2n) is 3.52. The smallest absolute Gasteiger partial charge is 0.469 e. The monoisotopic (exact) mass is 262 g/mol. The van der Waals surface area contributed by atoms with Gasteiger partial charge in [0.05, 0.1) is 6.61 Å². The average Bonchev–Trinajstić information content (AvgIpc) is 2.24. The second kappa shape index (κ2) is 6.14. The van der Waals surface area contributed by atoms with Crippen molar-refractivity contribution in [3.8, 4) is 5.75 Å². The van der Waals surface area contributed by atoms with Crippen molar-refractivity contribution in [1.29, 1.82) is 0 Å². The molecule has 1 unspecified atom stereocenters. The molecule has 0 fully saturated rings. The van der Waals surface area contributed by atoms with Crippen LogP contribution in [-0.2, 0) is 9.09 Å². The Morgan fingerprint density at radius 1 is 1.29 bits per heavy atom. The van der Waals surface area contributed by atoms with Crippen molar-refractivity contribution in [3.05, 3.63) is 29.8 Å². The van der Waals surface area contributed by atoms with Gasteiger partial charge in [-0.3, -0.25) is 4.52 Å². The van der Waals surface area contributed by atoms with Gasteiger partial charge in [-0.15, -0.1) is 0 Å². The van der Waals surface area contributed by atoms with Gasteiger partial charge in [-0.2, -0.15) is 0 Å². The Morgan fingerprint density at radius 2 is 1.94 bits per heavy atom. The van der Waals surface area contributed by atoms with E-state index in [0.717, 1.165) is 5.56 Å². The summed E-state index contributed by atoms with van der Waals surface area (Å²) in [7, 11) is -4.54. The summed E-state index contributed by atoms with van der Waals surface area (Å²) in [5, 5.41) is 9.37. The summed E-state index contributed by atoms with van der Waals surface area (Å²) in [5.41, 5.74) is 0.913. The minimum atomic E-state index is -4.54. The number of aliphatic hydroxyl groups is 1. The van der Waals surface area contributed by atoms with Crippen LogP contribution in [0.2, 0.25) is 0 Å². The van der Waals surface area contributed by atoms with Crippen molar-refractivity contribution in [1.82, 2.24) is 0 Å². The third-order valence-corrected chi connectivity index (χ3v) is 2.45. The van der Waals surface area contributed by atoms with Gasteiger partial charge in [-0.05, 0) is 18.6 Å². The number of aliphatic hydroxyl groups excluding tert-OH is 1. The van der Waals surface area contributed by atoms with Crippen LogP contribution in [-0.4, -0.2) is 34.2 Å². The summed E-state index contributed by atoms with van der Waals surface area (Å²) < 4.78 is 19.8. The van der Waals surface area contributed by atoms with Crippen LogP contribution in [0.25, 0.3) is 0 Å². The Morgan fingerprint density at radius 3 is 2.53 bits per heavy atom. The fourth-order valence-electron chi connectivity index (χ4n) is 1.14. The molecule has 7 heteroatoms. The molecule has 1 rings (SSSR count). The van der Waals surface area contributed by atoms with E-state index in [1.54, 1.807) is 12.1 Å². The quantitative estimate of drug-likeness (QED) is 0.657. The van der Waals surface area contributed by atoms with E-state index < -0.39 is 20.5 Å². The largest absolute Gasteiger partial charge is 0.491 e. The molecule has 0 radical (unpaired) electrons. The molecule has 96 valence electrons. The molecule has 0 saturated carbocycles. The number of phosphoric ester groups is 1.